The molecule has 0 saturated carbocycles. The maximum atomic E-state index is 12.5. The maximum Gasteiger partial charge on any atom is 0.410 e. The molecule has 3 aromatic heterocycles. The minimum absolute atomic E-state index is 0.221. The minimum atomic E-state index is -0.551. The second-order valence-electron chi connectivity index (χ2n) is 8.79. The maximum absolute atomic E-state index is 12.5. The number of hydrogen-bond acceptors (Lipinski definition) is 11. The first kappa shape index (κ1) is 24.3. The van der Waals surface area contributed by atoms with E-state index in [1.165, 1.54) is 12.4 Å². The number of aromatic nitrogens is 4. The molecule has 0 radical (unpaired) electrons. The number of thiophene rings is 1. The van der Waals surface area contributed by atoms with Gasteiger partial charge >= 0.3 is 6.09 Å². The van der Waals surface area contributed by atoms with E-state index in [1.54, 1.807) is 16.2 Å². The fourth-order valence-electron chi connectivity index (χ4n) is 3.32. The van der Waals surface area contributed by atoms with Crippen molar-refractivity contribution in [1.29, 1.82) is 5.26 Å². The van der Waals surface area contributed by atoms with Gasteiger partial charge < -0.3 is 25.0 Å². The van der Waals surface area contributed by atoms with Crippen molar-refractivity contribution >= 4 is 34.8 Å². The molecule has 1 unspecified atom stereocenters. The molecule has 1 saturated heterocycles. The third-order valence-corrected chi connectivity index (χ3v) is 5.76. The molecule has 1 aliphatic heterocycles. The average molecular weight is 495 g/mol. The number of ether oxygens (including phenoxy) is 2. The lowest BCUT2D eigenvalue weighted by Crippen LogP contribution is -2.49. The summed E-state index contributed by atoms with van der Waals surface area (Å²) in [6.45, 7) is 7.34. The van der Waals surface area contributed by atoms with Gasteiger partial charge in [-0.05, 0) is 32.2 Å². The number of nitrogens with zero attached hydrogens (tertiary/aromatic N) is 6. The average Bonchev–Trinajstić information content (AvgIpc) is 3.37. The van der Waals surface area contributed by atoms with E-state index >= 15 is 0 Å². The second kappa shape index (κ2) is 10.6. The van der Waals surface area contributed by atoms with Crippen LogP contribution in [0.15, 0.2) is 36.0 Å². The van der Waals surface area contributed by atoms with Crippen LogP contribution >= 0.6 is 11.3 Å². The molecule has 4 rings (SSSR count). The Morgan fingerprint density at radius 3 is 2.86 bits per heavy atom. The number of amides is 1. The number of nitrogens with one attached hydrogen (secondary N) is 2. The Hall–Kier alpha value is -3.82. The Bertz CT molecular complexity index is 1190. The van der Waals surface area contributed by atoms with Crippen molar-refractivity contribution in [3.05, 3.63) is 41.7 Å². The van der Waals surface area contributed by atoms with Crippen LogP contribution in [-0.4, -0.2) is 69.1 Å². The van der Waals surface area contributed by atoms with Crippen LogP contribution in [0, 0.1) is 11.3 Å². The van der Waals surface area contributed by atoms with Gasteiger partial charge in [-0.15, -0.1) is 21.5 Å². The number of nitriles is 1. The highest BCUT2D eigenvalue weighted by Crippen LogP contribution is 2.31. The van der Waals surface area contributed by atoms with Crippen molar-refractivity contribution in [3.8, 4) is 16.6 Å². The number of hydrogen-bond donors (Lipinski definition) is 2. The van der Waals surface area contributed by atoms with Gasteiger partial charge in [-0.2, -0.15) is 5.26 Å². The molecular formula is C23H26N8O3S. The van der Waals surface area contributed by atoms with Crippen molar-refractivity contribution in [2.45, 2.75) is 32.5 Å². The molecule has 3 aromatic rings. The van der Waals surface area contributed by atoms with E-state index in [0.29, 0.717) is 43.6 Å². The topological polar surface area (TPSA) is 138 Å². The van der Waals surface area contributed by atoms with E-state index in [2.05, 4.69) is 30.8 Å². The van der Waals surface area contributed by atoms with Crippen LogP contribution in [0.2, 0.25) is 0 Å². The third kappa shape index (κ3) is 6.62. The van der Waals surface area contributed by atoms with E-state index in [1.807, 2.05) is 50.4 Å². The molecule has 4 heterocycles. The molecule has 182 valence electrons. The molecule has 11 nitrogen and oxygen atoms in total. The van der Waals surface area contributed by atoms with Crippen LogP contribution in [0.5, 0.6) is 0 Å². The molecule has 35 heavy (non-hydrogen) atoms. The predicted molar refractivity (Wildman–Crippen MR) is 131 cm³/mol. The van der Waals surface area contributed by atoms with Crippen molar-refractivity contribution < 1.29 is 14.3 Å². The highest BCUT2D eigenvalue weighted by molar-refractivity contribution is 7.13. The fraction of sp³-hybridized carbons (Fsp3) is 0.391. The predicted octanol–water partition coefficient (Wildman–Crippen LogP) is 3.66. The Kier molecular flexibility index (Phi) is 7.38. The second-order valence-corrected chi connectivity index (χ2v) is 9.74. The Balaban J connectivity index is 1.47. The van der Waals surface area contributed by atoms with Gasteiger partial charge in [0.25, 0.3) is 0 Å². The van der Waals surface area contributed by atoms with Gasteiger partial charge in [-0.25, -0.2) is 14.8 Å². The molecule has 1 atom stereocenters. The van der Waals surface area contributed by atoms with Crippen molar-refractivity contribution in [2.75, 3.05) is 36.9 Å². The lowest BCUT2D eigenvalue weighted by atomic mass is 10.2. The summed E-state index contributed by atoms with van der Waals surface area (Å²) in [7, 11) is 0. The van der Waals surface area contributed by atoms with Crippen LogP contribution in [-0.2, 0) is 9.47 Å². The van der Waals surface area contributed by atoms with E-state index in [0.717, 1.165) is 10.6 Å². The Morgan fingerprint density at radius 2 is 2.17 bits per heavy atom. The first-order chi connectivity index (χ1) is 16.8. The van der Waals surface area contributed by atoms with Gasteiger partial charge in [0.1, 0.15) is 23.2 Å². The zero-order valence-electron chi connectivity index (χ0n) is 19.7. The molecule has 2 N–H and O–H groups in total. The zero-order chi connectivity index (χ0) is 24.8. The standard InChI is InChI=1S/C23H26N8O3S/c1-23(2,3)34-22(32)31-6-7-33-16(14-31)12-26-17-9-19(28-20-13-25-15(10-24)11-27-20)29-30-21(17)18-5-4-8-35-18/h4-5,8-9,11,13,16H,6-7,12,14H2,1-3H3,(H2,26,27,28,29). The fourth-order valence-corrected chi connectivity index (χ4v) is 4.05. The van der Waals surface area contributed by atoms with Crippen molar-refractivity contribution in [2.24, 2.45) is 0 Å². The summed E-state index contributed by atoms with van der Waals surface area (Å²) >= 11 is 1.56. The van der Waals surface area contributed by atoms with Crippen LogP contribution < -0.4 is 10.6 Å². The molecule has 0 spiro atoms. The number of carbonyl (C=O) groups excluding carboxylic acids is 1. The largest absolute Gasteiger partial charge is 0.444 e. The van der Waals surface area contributed by atoms with Crippen LogP contribution in [0.25, 0.3) is 10.6 Å². The third-order valence-electron chi connectivity index (χ3n) is 4.88. The normalized spacial score (nSPS) is 15.8. The lowest BCUT2D eigenvalue weighted by molar-refractivity contribution is -0.0371. The van der Waals surface area contributed by atoms with E-state index in [-0.39, 0.29) is 17.9 Å². The summed E-state index contributed by atoms with van der Waals surface area (Å²) in [6, 6.07) is 7.69. The summed E-state index contributed by atoms with van der Waals surface area (Å²) in [5, 5.41) is 26.0. The van der Waals surface area contributed by atoms with Gasteiger partial charge in [0.2, 0.25) is 0 Å². The lowest BCUT2D eigenvalue weighted by Gasteiger charge is -2.34. The Morgan fingerprint density at radius 1 is 1.31 bits per heavy atom. The molecule has 0 aromatic carbocycles. The SMILES string of the molecule is CC(C)(C)OC(=O)N1CCOC(CNc2cc(Nc3cnc(C#N)cn3)nnc2-c2cccs2)C1. The van der Waals surface area contributed by atoms with Crippen LogP contribution in [0.4, 0.5) is 22.1 Å². The van der Waals surface area contributed by atoms with E-state index in [4.69, 9.17) is 14.7 Å². The highest BCUT2D eigenvalue weighted by atomic mass is 32.1. The molecule has 0 aliphatic carbocycles. The first-order valence-corrected chi connectivity index (χ1v) is 11.9. The quantitative estimate of drug-likeness (QED) is 0.522. The van der Waals surface area contributed by atoms with Crippen LogP contribution in [0.1, 0.15) is 26.5 Å². The zero-order valence-corrected chi connectivity index (χ0v) is 20.5. The smallest absolute Gasteiger partial charge is 0.410 e. The van der Waals surface area contributed by atoms with Crippen molar-refractivity contribution in [3.63, 3.8) is 0 Å². The minimum Gasteiger partial charge on any atom is -0.444 e. The van der Waals surface area contributed by atoms with Crippen LogP contribution in [0.3, 0.4) is 0 Å². The number of rotatable bonds is 6. The molecule has 1 aliphatic rings. The molecule has 0 bridgehead atoms. The summed E-state index contributed by atoms with van der Waals surface area (Å²) in [4.78, 5) is 23.3. The summed E-state index contributed by atoms with van der Waals surface area (Å²) < 4.78 is 11.4. The van der Waals surface area contributed by atoms with E-state index in [9.17, 15) is 4.79 Å². The molecular weight excluding hydrogens is 468 g/mol. The highest BCUT2D eigenvalue weighted by Gasteiger charge is 2.28. The summed E-state index contributed by atoms with van der Waals surface area (Å²) in [5.41, 5.74) is 1.13. The van der Waals surface area contributed by atoms with E-state index < -0.39 is 5.60 Å². The van der Waals surface area contributed by atoms with Gasteiger partial charge in [0.15, 0.2) is 11.5 Å². The monoisotopic (exact) mass is 494 g/mol. The van der Waals surface area contributed by atoms with Gasteiger partial charge in [-0.3, -0.25) is 0 Å². The van der Waals surface area contributed by atoms with Gasteiger partial charge in [0.05, 0.1) is 42.2 Å². The molecule has 1 fully saturated rings. The summed E-state index contributed by atoms with van der Waals surface area (Å²) in [6.07, 6.45) is 2.28. The van der Waals surface area contributed by atoms with Crippen molar-refractivity contribution in [1.82, 2.24) is 25.1 Å². The molecule has 1 amide bonds. The van der Waals surface area contributed by atoms with Gasteiger partial charge in [-0.1, -0.05) is 6.07 Å². The number of morpholine rings is 1. The summed E-state index contributed by atoms with van der Waals surface area (Å²) in [5.74, 6) is 0.906. The number of carbonyl (C=O) groups is 1. The number of anilines is 3. The first-order valence-electron chi connectivity index (χ1n) is 11.0. The molecule has 12 heteroatoms. The van der Waals surface area contributed by atoms with Gasteiger partial charge in [0, 0.05) is 19.2 Å². The Labute approximate surface area is 207 Å².